The smallest absolute Gasteiger partial charge is 2.00 e. The topological polar surface area (TPSA) is 161 Å². The molecule has 1 radical (unpaired) electrons. The van der Waals surface area contributed by atoms with Gasteiger partial charge in [0, 0.05) is 69.9 Å². The summed E-state index contributed by atoms with van der Waals surface area (Å²) in [6.07, 6.45) is 8.06. The van der Waals surface area contributed by atoms with Gasteiger partial charge in [-0.2, -0.15) is 0 Å². The number of benzene rings is 5. The number of halogens is 2. The van der Waals surface area contributed by atoms with E-state index in [9.17, 15) is 9.90 Å². The van der Waals surface area contributed by atoms with Crippen LogP contribution < -0.4 is 19.6 Å². The maximum atomic E-state index is 11.7. The van der Waals surface area contributed by atoms with Crippen LogP contribution in [0.5, 0.6) is 17.2 Å². The van der Waals surface area contributed by atoms with E-state index in [2.05, 4.69) is 98.5 Å². The van der Waals surface area contributed by atoms with Gasteiger partial charge in [0.15, 0.2) is 28.3 Å². The first-order valence-corrected chi connectivity index (χ1v) is 28.5. The van der Waals surface area contributed by atoms with Crippen molar-refractivity contribution in [3.63, 3.8) is 0 Å². The van der Waals surface area contributed by atoms with Crippen LogP contribution in [0.1, 0.15) is 45.3 Å². The zero-order valence-electron chi connectivity index (χ0n) is 43.9. The summed E-state index contributed by atoms with van der Waals surface area (Å²) < 4.78 is 24.0. The predicted octanol–water partition coefficient (Wildman–Crippen LogP) is 12.8. The van der Waals surface area contributed by atoms with Gasteiger partial charge in [-0.1, -0.05) is 84.9 Å². The Balaban J connectivity index is 0.000000186. The van der Waals surface area contributed by atoms with E-state index in [-0.39, 0.29) is 22.5 Å². The van der Waals surface area contributed by atoms with Crippen molar-refractivity contribution in [3.8, 4) is 28.7 Å². The minimum Gasteiger partial charge on any atom is 2.00 e. The van der Waals surface area contributed by atoms with Crippen molar-refractivity contribution in [1.29, 1.82) is 0 Å². The Morgan fingerprint density at radius 2 is 1.10 bits per heavy atom. The molecule has 0 saturated carbocycles. The summed E-state index contributed by atoms with van der Waals surface area (Å²) in [6, 6.07) is 60.5. The molecule has 1 unspecified atom stereocenters. The molecule has 1 atom stereocenters. The molecule has 14 nitrogen and oxygen atoms in total. The Kier molecular flexibility index (Phi) is 21.3. The second-order valence-corrected chi connectivity index (χ2v) is 20.4. The number of hydrogen-bond acceptors (Lipinski definition) is 14. The molecule has 0 amide bonds. The summed E-state index contributed by atoms with van der Waals surface area (Å²) in [6.45, 7) is 5.01. The monoisotopic (exact) mass is 1230 g/mol. The number of rotatable bonds is 18. The fourth-order valence-electron chi connectivity index (χ4n) is 9.06. The van der Waals surface area contributed by atoms with Crippen LogP contribution in [0, 0.1) is 0 Å². The molecular weight excluding hydrogens is 1170 g/mol. The maximum absolute atomic E-state index is 11.7. The molecule has 0 saturated heterocycles. The average molecular weight is 1230 g/mol. The number of pyridine rings is 4. The van der Waals surface area contributed by atoms with E-state index in [0.717, 1.165) is 79.2 Å². The largest absolute Gasteiger partial charge is 2.00 e. The van der Waals surface area contributed by atoms with Gasteiger partial charge >= 0.3 is 50.4 Å². The van der Waals surface area contributed by atoms with Crippen molar-refractivity contribution in [2.24, 2.45) is 4.99 Å². The number of aliphatic imine (C=N–C) groups is 1. The Morgan fingerprint density at radius 1 is 0.561 bits per heavy atom. The Hall–Kier alpha value is -7.85. The molecule has 12 rings (SSSR count). The van der Waals surface area contributed by atoms with Crippen LogP contribution in [0.4, 0.5) is 5.69 Å². The molecular formula is C64H54Cl2Cu2N8O6+2. The summed E-state index contributed by atoms with van der Waals surface area (Å²) in [5.41, 5.74) is 11.3. The predicted molar refractivity (Wildman–Crippen MR) is 310 cm³/mol. The van der Waals surface area contributed by atoms with Crippen LogP contribution >= 0.6 is 20.2 Å². The van der Waals surface area contributed by atoms with Crippen molar-refractivity contribution >= 4 is 42.7 Å². The molecule has 420 valence electrons. The quantitative estimate of drug-likeness (QED) is 0.0639. The standard InChI is InChI=1S/C32H28N4O3.C32H26N4O3.2ClH.2Cu/c2*37-27-12-14-29-31(17-27)39-32-18-28(13-15-30(32)35-29)38-22-26-11-6-10-25(34-26)21-36(19-23-7-2-1-3-8-23)20-24-9-4-5-16-33-24;;;;/h1-18,27,37H,19-22H2;1-18H,19-22H2;2*1H;;/q;;;;2*+2/p-2. The van der Waals surface area contributed by atoms with Gasteiger partial charge in [-0.15, -0.1) is 0 Å². The fourth-order valence-corrected chi connectivity index (χ4v) is 9.06. The maximum Gasteiger partial charge on any atom is 2.00 e. The summed E-state index contributed by atoms with van der Waals surface area (Å²) >= 11 is 0.757. The molecule has 1 N–H and O–H groups in total. The molecule has 2 aliphatic heterocycles. The molecule has 6 heterocycles. The Labute approximate surface area is 500 Å². The fraction of sp³-hybridized carbons (Fsp3) is 0.141. The second kappa shape index (κ2) is 29.7. The molecule has 0 bridgehead atoms. The number of aliphatic hydroxyl groups excluding tert-OH is 1. The third kappa shape index (κ3) is 17.1. The van der Waals surface area contributed by atoms with Gasteiger partial charge in [0.25, 0.3) is 0 Å². The molecule has 4 aromatic carbocycles. The van der Waals surface area contributed by atoms with Gasteiger partial charge < -0.3 is 23.7 Å². The van der Waals surface area contributed by atoms with E-state index in [1.54, 1.807) is 30.4 Å². The summed E-state index contributed by atoms with van der Waals surface area (Å²) in [7, 11) is 9.34. The van der Waals surface area contributed by atoms with Gasteiger partial charge in [0.2, 0.25) is 0 Å². The summed E-state index contributed by atoms with van der Waals surface area (Å²) in [5.74, 6) is 2.89. The van der Waals surface area contributed by atoms with Crippen LogP contribution in [0.25, 0.3) is 22.6 Å². The molecule has 82 heavy (non-hydrogen) atoms. The number of aliphatic hydroxyl groups is 1. The average Bonchev–Trinajstić information content (AvgIpc) is 3.50. The Bertz CT molecular complexity index is 3710. The number of aromatic nitrogens is 5. The summed E-state index contributed by atoms with van der Waals surface area (Å²) in [5, 5.41) is 9.85. The first-order valence-electron chi connectivity index (χ1n) is 25.9. The molecule has 8 aromatic rings. The first-order chi connectivity index (χ1) is 39.8. The molecule has 0 fully saturated rings. The van der Waals surface area contributed by atoms with Crippen molar-refractivity contribution in [2.45, 2.75) is 58.6 Å². The SMILES string of the molecule is O=c1ccc2nc3ccc(OCc4cccc(CN(Cc5ccccc5)Cc5ccccn5)n4)cc3oc-2c1.OC1C=CC2=Nc3ccc(OCc4cccc(CN(Cc5ccccc5)Cc5ccccn5)n4)cc3OC2=C1.[Cl][Cu][Cl].[Cu+2]. The third-order valence-electron chi connectivity index (χ3n) is 12.7. The van der Waals surface area contributed by atoms with E-state index in [4.69, 9.17) is 28.6 Å². The van der Waals surface area contributed by atoms with Crippen LogP contribution in [0.3, 0.4) is 0 Å². The third-order valence-corrected chi connectivity index (χ3v) is 12.7. The van der Waals surface area contributed by atoms with E-state index < -0.39 is 6.10 Å². The van der Waals surface area contributed by atoms with Crippen molar-refractivity contribution in [2.75, 3.05) is 0 Å². The molecule has 2 aliphatic carbocycles. The molecule has 0 spiro atoms. The van der Waals surface area contributed by atoms with Crippen molar-refractivity contribution in [3.05, 3.63) is 280 Å². The minimum absolute atomic E-state index is 0. The number of ether oxygens (including phenoxy) is 3. The zero-order chi connectivity index (χ0) is 55.6. The van der Waals surface area contributed by atoms with E-state index in [1.807, 2.05) is 128 Å². The minimum atomic E-state index is -0.675. The summed E-state index contributed by atoms with van der Waals surface area (Å²) in [4.78, 5) is 44.3. The van der Waals surface area contributed by atoms with Gasteiger partial charge in [0.05, 0.1) is 40.3 Å². The number of allylic oxidation sites excluding steroid dienone is 1. The van der Waals surface area contributed by atoms with E-state index in [1.165, 1.54) is 23.3 Å². The molecule has 18 heteroatoms. The molecule has 4 aromatic heterocycles. The first kappa shape index (κ1) is 58.8. The van der Waals surface area contributed by atoms with Gasteiger partial charge in [-0.25, -0.2) is 9.98 Å². The number of fused-ring (bicyclic) bond motifs is 4. The van der Waals surface area contributed by atoms with Crippen LogP contribution in [0.15, 0.2) is 239 Å². The van der Waals surface area contributed by atoms with Gasteiger partial charge in [0.1, 0.15) is 47.3 Å². The van der Waals surface area contributed by atoms with Crippen LogP contribution in [-0.2, 0) is 82.7 Å². The normalized spacial score (nSPS) is 13.1. The van der Waals surface area contributed by atoms with Gasteiger partial charge in [-0.05, 0) is 114 Å². The van der Waals surface area contributed by atoms with Crippen LogP contribution in [-0.4, -0.2) is 51.6 Å². The van der Waals surface area contributed by atoms with Crippen molar-refractivity contribution < 1.29 is 53.9 Å². The van der Waals surface area contributed by atoms with Gasteiger partial charge in [-0.3, -0.25) is 34.5 Å². The number of hydrogen-bond donors (Lipinski definition) is 1. The molecule has 4 aliphatic rings. The van der Waals surface area contributed by atoms with E-state index in [0.29, 0.717) is 77.6 Å². The van der Waals surface area contributed by atoms with Crippen molar-refractivity contribution in [1.82, 2.24) is 34.7 Å². The van der Waals surface area contributed by atoms with Crippen LogP contribution in [0.2, 0.25) is 0 Å². The zero-order valence-corrected chi connectivity index (χ0v) is 47.3. The number of nitrogens with zero attached hydrogens (tertiary/aromatic N) is 8. The Morgan fingerprint density at radius 3 is 1.68 bits per heavy atom. The van der Waals surface area contributed by atoms with E-state index >= 15 is 0 Å². The second-order valence-electron chi connectivity index (χ2n) is 18.8.